The van der Waals surface area contributed by atoms with Gasteiger partial charge in [-0.15, -0.1) is 0 Å². The third-order valence-corrected chi connectivity index (χ3v) is 3.56. The minimum Gasteiger partial charge on any atom is -0.478 e. The highest BCUT2D eigenvalue weighted by molar-refractivity contribution is 5.95. The van der Waals surface area contributed by atoms with Crippen molar-refractivity contribution in [2.75, 3.05) is 7.05 Å². The van der Waals surface area contributed by atoms with E-state index >= 15 is 0 Å². The molecule has 6 nitrogen and oxygen atoms in total. The highest BCUT2D eigenvalue weighted by Gasteiger charge is 2.16. The van der Waals surface area contributed by atoms with Crippen LogP contribution in [0.25, 0.3) is 10.9 Å². The lowest BCUT2D eigenvalue weighted by atomic mass is 9.96. The van der Waals surface area contributed by atoms with E-state index in [1.165, 1.54) is 23.7 Å². The smallest absolute Gasteiger partial charge is 0.335 e. The van der Waals surface area contributed by atoms with Crippen molar-refractivity contribution < 1.29 is 14.7 Å². The molecule has 2 aromatic rings. The Morgan fingerprint density at radius 3 is 2.50 bits per heavy atom. The summed E-state index contributed by atoms with van der Waals surface area (Å²) in [6.07, 6.45) is 0. The van der Waals surface area contributed by atoms with Crippen LogP contribution < -0.4 is 10.9 Å². The number of aromatic carboxylic acids is 1. The van der Waals surface area contributed by atoms with Gasteiger partial charge < -0.3 is 10.4 Å². The van der Waals surface area contributed by atoms with E-state index in [9.17, 15) is 19.5 Å². The molecule has 0 saturated carbocycles. The molecular formula is C16H18N2O4. The maximum absolute atomic E-state index is 12.1. The number of aromatic nitrogens is 1. The summed E-state index contributed by atoms with van der Waals surface area (Å²) in [6.45, 7) is 3.74. The third kappa shape index (κ3) is 2.86. The molecule has 6 heteroatoms. The minimum atomic E-state index is -1.02. The summed E-state index contributed by atoms with van der Waals surface area (Å²) in [5.74, 6) is -1.29. The van der Waals surface area contributed by atoms with Crippen LogP contribution in [0.1, 0.15) is 35.7 Å². The van der Waals surface area contributed by atoms with E-state index in [0.717, 1.165) is 5.56 Å². The van der Waals surface area contributed by atoms with E-state index in [1.54, 1.807) is 12.1 Å². The Labute approximate surface area is 127 Å². The molecule has 0 fully saturated rings. The predicted octanol–water partition coefficient (Wildman–Crippen LogP) is 1.57. The number of amides is 1. The largest absolute Gasteiger partial charge is 0.478 e. The van der Waals surface area contributed by atoms with Crippen molar-refractivity contribution in [2.24, 2.45) is 0 Å². The topological polar surface area (TPSA) is 88.4 Å². The number of benzene rings is 1. The van der Waals surface area contributed by atoms with Gasteiger partial charge >= 0.3 is 5.97 Å². The highest BCUT2D eigenvalue weighted by atomic mass is 16.4. The maximum Gasteiger partial charge on any atom is 0.335 e. The van der Waals surface area contributed by atoms with E-state index in [-0.39, 0.29) is 29.5 Å². The van der Waals surface area contributed by atoms with E-state index in [1.807, 2.05) is 13.8 Å². The second-order valence-corrected chi connectivity index (χ2v) is 5.39. The average molecular weight is 302 g/mol. The first-order valence-electron chi connectivity index (χ1n) is 6.96. The molecule has 1 heterocycles. The summed E-state index contributed by atoms with van der Waals surface area (Å²) in [6, 6.07) is 6.02. The molecule has 2 rings (SSSR count). The minimum absolute atomic E-state index is 0.0135. The van der Waals surface area contributed by atoms with Crippen LogP contribution in [0.15, 0.2) is 29.1 Å². The predicted molar refractivity (Wildman–Crippen MR) is 83.3 cm³/mol. The highest BCUT2D eigenvalue weighted by Crippen LogP contribution is 2.26. The standard InChI is InChI=1S/C16H18N2O4/c1-9(2)12-7-11(16(21)22)6-10-4-5-14(20)18(15(10)12)8-13(19)17-3/h4-7,9H,8H2,1-3H3,(H,17,19)(H,21,22). The van der Waals surface area contributed by atoms with Crippen LogP contribution in [-0.4, -0.2) is 28.6 Å². The zero-order valence-electron chi connectivity index (χ0n) is 12.7. The molecule has 1 aromatic carbocycles. The second-order valence-electron chi connectivity index (χ2n) is 5.39. The van der Waals surface area contributed by atoms with Crippen LogP contribution in [0.2, 0.25) is 0 Å². The molecule has 116 valence electrons. The van der Waals surface area contributed by atoms with Crippen molar-refractivity contribution in [3.05, 3.63) is 45.7 Å². The first kappa shape index (κ1) is 15.8. The number of hydrogen-bond donors (Lipinski definition) is 2. The molecule has 2 N–H and O–H groups in total. The zero-order valence-corrected chi connectivity index (χ0v) is 12.7. The second kappa shape index (κ2) is 6.01. The Kier molecular flexibility index (Phi) is 4.30. The van der Waals surface area contributed by atoms with Crippen LogP contribution in [0.3, 0.4) is 0 Å². The van der Waals surface area contributed by atoms with Crippen molar-refractivity contribution in [3.63, 3.8) is 0 Å². The van der Waals surface area contributed by atoms with E-state index in [0.29, 0.717) is 10.9 Å². The maximum atomic E-state index is 12.1. The molecule has 0 saturated heterocycles. The number of carbonyl (C=O) groups is 2. The van der Waals surface area contributed by atoms with Crippen molar-refractivity contribution in [3.8, 4) is 0 Å². The van der Waals surface area contributed by atoms with Gasteiger partial charge in [0.15, 0.2) is 0 Å². The lowest BCUT2D eigenvalue weighted by molar-refractivity contribution is -0.121. The number of likely N-dealkylation sites (N-methyl/N-ethyl adjacent to an activating group) is 1. The number of pyridine rings is 1. The van der Waals surface area contributed by atoms with E-state index in [4.69, 9.17) is 0 Å². The van der Waals surface area contributed by atoms with Crippen molar-refractivity contribution in [2.45, 2.75) is 26.3 Å². The molecule has 0 aliphatic rings. The Balaban J connectivity index is 2.84. The number of carboxylic acids is 1. The molecule has 1 aromatic heterocycles. The molecule has 1 amide bonds. The first-order chi connectivity index (χ1) is 10.3. The summed E-state index contributed by atoms with van der Waals surface area (Å²) in [4.78, 5) is 35.1. The molecule has 0 aliphatic carbocycles. The molecule has 0 spiro atoms. The Morgan fingerprint density at radius 1 is 1.27 bits per heavy atom. The number of carbonyl (C=O) groups excluding carboxylic acids is 1. The molecule has 22 heavy (non-hydrogen) atoms. The number of nitrogens with one attached hydrogen (secondary N) is 1. The first-order valence-corrected chi connectivity index (χ1v) is 6.96. The van der Waals surface area contributed by atoms with Crippen LogP contribution in [0, 0.1) is 0 Å². The molecule has 0 aliphatic heterocycles. The molecule has 0 bridgehead atoms. The zero-order chi connectivity index (χ0) is 16.4. The van der Waals surface area contributed by atoms with Crippen molar-refractivity contribution >= 4 is 22.8 Å². The van der Waals surface area contributed by atoms with Gasteiger partial charge in [0.2, 0.25) is 5.91 Å². The van der Waals surface area contributed by atoms with Gasteiger partial charge in [0.05, 0.1) is 11.1 Å². The fourth-order valence-electron chi connectivity index (χ4n) is 2.42. The van der Waals surface area contributed by atoms with Gasteiger partial charge in [-0.05, 0) is 35.1 Å². The van der Waals surface area contributed by atoms with Gasteiger partial charge in [-0.1, -0.05) is 13.8 Å². The molecule has 0 radical (unpaired) electrons. The Morgan fingerprint density at radius 2 is 1.95 bits per heavy atom. The van der Waals surface area contributed by atoms with Crippen LogP contribution in [0.5, 0.6) is 0 Å². The quantitative estimate of drug-likeness (QED) is 0.897. The average Bonchev–Trinajstić information content (AvgIpc) is 2.48. The van der Waals surface area contributed by atoms with Gasteiger partial charge in [0, 0.05) is 13.1 Å². The van der Waals surface area contributed by atoms with Gasteiger partial charge in [-0.2, -0.15) is 0 Å². The summed E-state index contributed by atoms with van der Waals surface area (Å²) >= 11 is 0. The van der Waals surface area contributed by atoms with Gasteiger partial charge in [-0.25, -0.2) is 4.79 Å². The van der Waals surface area contributed by atoms with Crippen molar-refractivity contribution in [1.29, 1.82) is 0 Å². The number of fused-ring (bicyclic) bond motifs is 1. The van der Waals surface area contributed by atoms with E-state index < -0.39 is 5.97 Å². The molecule has 0 atom stereocenters. The monoisotopic (exact) mass is 302 g/mol. The lowest BCUT2D eigenvalue weighted by Gasteiger charge is -2.16. The number of nitrogens with zero attached hydrogens (tertiary/aromatic N) is 1. The van der Waals surface area contributed by atoms with Crippen LogP contribution in [0.4, 0.5) is 0 Å². The fraction of sp³-hybridized carbons (Fsp3) is 0.312. The van der Waals surface area contributed by atoms with Gasteiger partial charge in [-0.3, -0.25) is 14.2 Å². The van der Waals surface area contributed by atoms with Gasteiger partial charge in [0.25, 0.3) is 5.56 Å². The van der Waals surface area contributed by atoms with E-state index in [2.05, 4.69) is 5.32 Å². The van der Waals surface area contributed by atoms with Crippen molar-refractivity contribution in [1.82, 2.24) is 9.88 Å². The number of hydrogen-bond acceptors (Lipinski definition) is 3. The summed E-state index contributed by atoms with van der Waals surface area (Å²) in [7, 11) is 1.50. The Bertz CT molecular complexity index is 806. The number of rotatable bonds is 4. The summed E-state index contributed by atoms with van der Waals surface area (Å²) in [5, 5.41) is 12.3. The summed E-state index contributed by atoms with van der Waals surface area (Å²) < 4.78 is 1.38. The normalized spacial score (nSPS) is 10.9. The summed E-state index contributed by atoms with van der Waals surface area (Å²) in [5.41, 5.74) is 1.22. The van der Waals surface area contributed by atoms with Gasteiger partial charge in [0.1, 0.15) is 6.54 Å². The Hall–Kier alpha value is -2.63. The fourth-order valence-corrected chi connectivity index (χ4v) is 2.42. The van der Waals surface area contributed by atoms with Crippen LogP contribution >= 0.6 is 0 Å². The lowest BCUT2D eigenvalue weighted by Crippen LogP contribution is -2.30. The third-order valence-electron chi connectivity index (χ3n) is 3.56. The molecular weight excluding hydrogens is 284 g/mol. The SMILES string of the molecule is CNC(=O)Cn1c(=O)ccc2cc(C(=O)O)cc(C(C)C)c21. The van der Waals surface area contributed by atoms with Crippen LogP contribution in [-0.2, 0) is 11.3 Å². The molecule has 0 unspecified atom stereocenters. The number of carboxylic acid groups (broad SMARTS) is 1.